The van der Waals surface area contributed by atoms with Crippen LogP contribution in [-0.4, -0.2) is 45.8 Å². The van der Waals surface area contributed by atoms with Gasteiger partial charge in [-0.15, -0.1) is 0 Å². The van der Waals surface area contributed by atoms with Gasteiger partial charge in [0.15, 0.2) is 11.5 Å². The first-order valence-corrected chi connectivity index (χ1v) is 8.43. The van der Waals surface area contributed by atoms with E-state index in [9.17, 15) is 20.1 Å². The zero-order valence-electron chi connectivity index (χ0n) is 15.5. The zero-order chi connectivity index (χ0) is 19.0. The van der Waals surface area contributed by atoms with Crippen LogP contribution >= 0.6 is 0 Å². The Kier molecular flexibility index (Phi) is 8.22. The minimum absolute atomic E-state index is 0.209. The first kappa shape index (κ1) is 20.8. The fourth-order valence-electron chi connectivity index (χ4n) is 2.47. The van der Waals surface area contributed by atoms with Crippen LogP contribution in [0.4, 0.5) is 0 Å². The number of carboxylic acids is 1. The molecule has 0 aromatic heterocycles. The van der Waals surface area contributed by atoms with Crippen molar-refractivity contribution in [1.29, 1.82) is 0 Å². The molecule has 5 heteroatoms. The smallest absolute Gasteiger partial charge is 0.321 e. The highest BCUT2D eigenvalue weighted by Gasteiger charge is 2.22. The van der Waals surface area contributed by atoms with Gasteiger partial charge in [0.25, 0.3) is 0 Å². The zero-order valence-corrected chi connectivity index (χ0v) is 15.5. The number of phenols is 2. The highest BCUT2D eigenvalue weighted by atomic mass is 16.4. The number of aromatic hydroxyl groups is 2. The maximum atomic E-state index is 11.6. The molecule has 0 saturated heterocycles. The van der Waals surface area contributed by atoms with Crippen molar-refractivity contribution < 1.29 is 20.1 Å². The summed E-state index contributed by atoms with van der Waals surface area (Å²) in [6.07, 6.45) is 6.46. The molecule has 25 heavy (non-hydrogen) atoms. The number of phenolic OH excluding ortho intramolecular Hbond substituents is 2. The molecule has 1 atom stereocenters. The maximum Gasteiger partial charge on any atom is 0.321 e. The van der Waals surface area contributed by atoms with Crippen molar-refractivity contribution in [3.63, 3.8) is 0 Å². The minimum atomic E-state index is -0.911. The summed E-state index contributed by atoms with van der Waals surface area (Å²) in [4.78, 5) is 13.4. The highest BCUT2D eigenvalue weighted by Crippen LogP contribution is 2.25. The number of hydrogen-bond acceptors (Lipinski definition) is 4. The molecular formula is C20H29NO4. The van der Waals surface area contributed by atoms with Crippen molar-refractivity contribution in [3.05, 3.63) is 47.1 Å². The van der Waals surface area contributed by atoms with Crippen LogP contribution in [0.3, 0.4) is 0 Å². The SMILES string of the molecule is CC(C)=CCC/C(C)=C/CN(C)C(Cc1ccc(O)c(O)c1)C(=O)O. The van der Waals surface area contributed by atoms with Crippen molar-refractivity contribution in [1.82, 2.24) is 4.90 Å². The molecule has 138 valence electrons. The van der Waals surface area contributed by atoms with E-state index in [2.05, 4.69) is 32.9 Å². The Labute approximate surface area is 149 Å². The molecule has 0 bridgehead atoms. The maximum absolute atomic E-state index is 11.6. The number of aliphatic carboxylic acids is 1. The van der Waals surface area contributed by atoms with Gasteiger partial charge < -0.3 is 15.3 Å². The first-order chi connectivity index (χ1) is 11.7. The number of carboxylic acid groups (broad SMARTS) is 1. The van der Waals surface area contributed by atoms with Crippen LogP contribution in [-0.2, 0) is 11.2 Å². The van der Waals surface area contributed by atoms with Gasteiger partial charge in [-0.1, -0.05) is 29.4 Å². The molecule has 1 unspecified atom stereocenters. The van der Waals surface area contributed by atoms with Crippen LogP contribution < -0.4 is 0 Å². The van der Waals surface area contributed by atoms with Crippen LogP contribution in [0.15, 0.2) is 41.5 Å². The van der Waals surface area contributed by atoms with E-state index in [0.29, 0.717) is 12.1 Å². The second-order valence-corrected chi connectivity index (χ2v) is 6.69. The lowest BCUT2D eigenvalue weighted by molar-refractivity contribution is -0.142. The van der Waals surface area contributed by atoms with E-state index in [4.69, 9.17) is 0 Å². The number of hydrogen-bond donors (Lipinski definition) is 3. The highest BCUT2D eigenvalue weighted by molar-refractivity contribution is 5.74. The predicted molar refractivity (Wildman–Crippen MR) is 100.0 cm³/mol. The summed E-state index contributed by atoms with van der Waals surface area (Å²) in [6.45, 7) is 6.75. The normalized spacial score (nSPS) is 12.9. The number of allylic oxidation sites excluding steroid dienone is 3. The summed E-state index contributed by atoms with van der Waals surface area (Å²) < 4.78 is 0. The van der Waals surface area contributed by atoms with E-state index in [0.717, 1.165) is 12.8 Å². The van der Waals surface area contributed by atoms with E-state index in [-0.39, 0.29) is 17.9 Å². The average Bonchev–Trinajstić information content (AvgIpc) is 2.53. The Balaban J connectivity index is 2.69. The standard InChI is InChI=1S/C20H29NO4/c1-14(2)6-5-7-15(3)10-11-21(4)17(20(24)25)12-16-8-9-18(22)19(23)13-16/h6,8-10,13,17,22-23H,5,7,11-12H2,1-4H3,(H,24,25)/b15-10+. The van der Waals surface area contributed by atoms with Gasteiger partial charge in [0, 0.05) is 6.54 Å². The second kappa shape index (κ2) is 9.89. The number of carbonyl (C=O) groups is 1. The van der Waals surface area contributed by atoms with E-state index in [1.54, 1.807) is 18.0 Å². The third-order valence-corrected chi connectivity index (χ3v) is 4.10. The Morgan fingerprint density at radius 2 is 1.84 bits per heavy atom. The predicted octanol–water partition coefficient (Wildman–Crippen LogP) is 3.72. The monoisotopic (exact) mass is 347 g/mol. The molecule has 0 aliphatic rings. The van der Waals surface area contributed by atoms with E-state index in [1.165, 1.54) is 23.3 Å². The Bertz CT molecular complexity index is 645. The third kappa shape index (κ3) is 7.44. The fraction of sp³-hybridized carbons (Fsp3) is 0.450. The van der Waals surface area contributed by atoms with Gasteiger partial charge in [-0.2, -0.15) is 0 Å². The van der Waals surface area contributed by atoms with Gasteiger partial charge in [0.1, 0.15) is 6.04 Å². The first-order valence-electron chi connectivity index (χ1n) is 8.43. The molecular weight excluding hydrogens is 318 g/mol. The minimum Gasteiger partial charge on any atom is -0.504 e. The van der Waals surface area contributed by atoms with Gasteiger partial charge in [-0.05, 0) is 64.8 Å². The summed E-state index contributed by atoms with van der Waals surface area (Å²) in [6, 6.07) is 3.70. The van der Waals surface area contributed by atoms with Crippen molar-refractivity contribution in [2.45, 2.75) is 46.1 Å². The topological polar surface area (TPSA) is 81.0 Å². The molecule has 1 aromatic carbocycles. The van der Waals surface area contributed by atoms with Crippen molar-refractivity contribution in [3.8, 4) is 11.5 Å². The quantitative estimate of drug-likeness (QED) is 0.468. The number of rotatable bonds is 9. The average molecular weight is 347 g/mol. The lowest BCUT2D eigenvalue weighted by Gasteiger charge is -2.24. The van der Waals surface area contributed by atoms with Crippen molar-refractivity contribution >= 4 is 5.97 Å². The fourth-order valence-corrected chi connectivity index (χ4v) is 2.47. The summed E-state index contributed by atoms with van der Waals surface area (Å²) in [7, 11) is 1.78. The molecule has 0 aliphatic carbocycles. The Morgan fingerprint density at radius 3 is 2.40 bits per heavy atom. The molecule has 0 amide bonds. The molecule has 1 aromatic rings. The van der Waals surface area contributed by atoms with Crippen LogP contribution in [0.5, 0.6) is 11.5 Å². The summed E-state index contributed by atoms with van der Waals surface area (Å²) in [5, 5.41) is 28.4. The summed E-state index contributed by atoms with van der Waals surface area (Å²) >= 11 is 0. The van der Waals surface area contributed by atoms with Gasteiger partial charge in [0.05, 0.1) is 0 Å². The molecule has 0 spiro atoms. The molecule has 5 nitrogen and oxygen atoms in total. The second-order valence-electron chi connectivity index (χ2n) is 6.69. The van der Waals surface area contributed by atoms with Gasteiger partial charge in [0.2, 0.25) is 0 Å². The van der Waals surface area contributed by atoms with Crippen LogP contribution in [0.1, 0.15) is 39.2 Å². The number of benzene rings is 1. The van der Waals surface area contributed by atoms with E-state index < -0.39 is 12.0 Å². The number of likely N-dealkylation sites (N-methyl/N-ethyl adjacent to an activating group) is 1. The molecule has 0 saturated carbocycles. The lowest BCUT2D eigenvalue weighted by Crippen LogP contribution is -2.40. The van der Waals surface area contributed by atoms with Crippen LogP contribution in [0.25, 0.3) is 0 Å². The summed E-state index contributed by atoms with van der Waals surface area (Å²) in [5.41, 5.74) is 3.20. The van der Waals surface area contributed by atoms with Gasteiger partial charge in [-0.3, -0.25) is 9.69 Å². The largest absolute Gasteiger partial charge is 0.504 e. The Hall–Kier alpha value is -2.27. The molecule has 3 N–H and O–H groups in total. The lowest BCUT2D eigenvalue weighted by atomic mass is 10.0. The molecule has 0 fully saturated rings. The van der Waals surface area contributed by atoms with Crippen molar-refractivity contribution in [2.75, 3.05) is 13.6 Å². The third-order valence-electron chi connectivity index (χ3n) is 4.10. The van der Waals surface area contributed by atoms with E-state index in [1.807, 2.05) is 0 Å². The van der Waals surface area contributed by atoms with Crippen molar-refractivity contribution in [2.24, 2.45) is 0 Å². The van der Waals surface area contributed by atoms with Gasteiger partial charge >= 0.3 is 5.97 Å². The molecule has 1 rings (SSSR count). The number of nitrogens with zero attached hydrogens (tertiary/aromatic N) is 1. The van der Waals surface area contributed by atoms with E-state index >= 15 is 0 Å². The van der Waals surface area contributed by atoms with Crippen LogP contribution in [0.2, 0.25) is 0 Å². The molecule has 0 radical (unpaired) electrons. The Morgan fingerprint density at radius 1 is 1.16 bits per heavy atom. The molecule has 0 aliphatic heterocycles. The summed E-state index contributed by atoms with van der Waals surface area (Å²) in [5.74, 6) is -1.36. The van der Waals surface area contributed by atoms with Gasteiger partial charge in [-0.25, -0.2) is 0 Å². The van der Waals surface area contributed by atoms with Crippen LogP contribution in [0, 0.1) is 0 Å². The molecule has 0 heterocycles.